The number of methoxy groups -OCH3 is 1. The average molecular weight is 732 g/mol. The van der Waals surface area contributed by atoms with Gasteiger partial charge >= 0.3 is 6.09 Å². The van der Waals surface area contributed by atoms with E-state index >= 15 is 0 Å². The molecule has 2 aliphatic heterocycles. The number of alkyl carbamates (subject to hydrolysis) is 1. The molecule has 0 radical (unpaired) electrons. The van der Waals surface area contributed by atoms with E-state index in [1.54, 1.807) is 12.5 Å². The number of ether oxygens (including phenoxy) is 1. The van der Waals surface area contributed by atoms with Gasteiger partial charge in [0, 0.05) is 25.3 Å². The van der Waals surface area contributed by atoms with E-state index in [1.165, 1.54) is 37.6 Å². The number of nitrogens with zero attached hydrogens (tertiary/aromatic N) is 4. The van der Waals surface area contributed by atoms with Crippen molar-refractivity contribution in [2.75, 3.05) is 31.6 Å². The number of hydrogen-bond donors (Lipinski definition) is 3. The largest absolute Gasteiger partial charge is 0.453 e. The Balaban J connectivity index is 0.000000238. The SMILES string of the molecule is C#C.C#C.COC(=O)N[C@H](C(=O)N1CCC[C@H]1c1ncc(-c2ccccc2)[nH]1)C(C)C.Fc1ccc(N2CCCC2)cc1.c1ccc(-c2cnc[nH]2)cc1. The molecule has 5 aromatic rings. The van der Waals surface area contributed by atoms with Crippen LogP contribution in [0.5, 0.6) is 0 Å². The van der Waals surface area contributed by atoms with Gasteiger partial charge in [-0.05, 0) is 67.0 Å². The highest BCUT2D eigenvalue weighted by Crippen LogP contribution is 2.32. The summed E-state index contributed by atoms with van der Waals surface area (Å²) < 4.78 is 17.2. The van der Waals surface area contributed by atoms with Gasteiger partial charge in [0.15, 0.2) is 0 Å². The second-order valence-electron chi connectivity index (χ2n) is 12.6. The van der Waals surface area contributed by atoms with Gasteiger partial charge in [-0.1, -0.05) is 74.5 Å². The lowest BCUT2D eigenvalue weighted by atomic mass is 10.0. The third-order valence-corrected chi connectivity index (χ3v) is 8.80. The second kappa shape index (κ2) is 22.6. The van der Waals surface area contributed by atoms with Crippen LogP contribution in [-0.2, 0) is 9.53 Å². The van der Waals surface area contributed by atoms with Gasteiger partial charge in [0.1, 0.15) is 17.7 Å². The monoisotopic (exact) mass is 731 g/mol. The average Bonchev–Trinajstić information content (AvgIpc) is 4.08. The Bertz CT molecular complexity index is 1830. The number of hydrogen-bond acceptors (Lipinski definition) is 6. The second-order valence-corrected chi connectivity index (χ2v) is 12.6. The van der Waals surface area contributed by atoms with Crippen LogP contribution in [0.2, 0.25) is 0 Å². The van der Waals surface area contributed by atoms with Crippen molar-refractivity contribution in [3.05, 3.63) is 115 Å². The summed E-state index contributed by atoms with van der Waals surface area (Å²) in [5.41, 5.74) is 5.36. The van der Waals surface area contributed by atoms with Crippen LogP contribution in [0.3, 0.4) is 0 Å². The first kappa shape index (κ1) is 42.1. The molecule has 2 saturated heterocycles. The summed E-state index contributed by atoms with van der Waals surface area (Å²) in [6.45, 7) is 6.70. The van der Waals surface area contributed by atoms with E-state index in [9.17, 15) is 14.0 Å². The molecule has 54 heavy (non-hydrogen) atoms. The molecule has 4 heterocycles. The van der Waals surface area contributed by atoms with E-state index in [4.69, 9.17) is 0 Å². The van der Waals surface area contributed by atoms with Crippen molar-refractivity contribution in [2.45, 2.75) is 51.6 Å². The number of amides is 2. The molecule has 2 amide bonds. The van der Waals surface area contributed by atoms with Gasteiger partial charge in [0.2, 0.25) is 5.91 Å². The summed E-state index contributed by atoms with van der Waals surface area (Å²) in [5.74, 6) is 0.475. The number of carbonyl (C=O) groups excluding carboxylic acids is 2. The number of imidazole rings is 2. The lowest BCUT2D eigenvalue weighted by Crippen LogP contribution is -2.51. The summed E-state index contributed by atoms with van der Waals surface area (Å²) in [4.78, 5) is 43.7. The Hall–Kier alpha value is -6.33. The minimum atomic E-state index is -0.624. The number of carbonyl (C=O) groups is 2. The third kappa shape index (κ3) is 12.1. The van der Waals surface area contributed by atoms with Crippen LogP contribution in [0.15, 0.2) is 104 Å². The minimum Gasteiger partial charge on any atom is -0.453 e. The van der Waals surface area contributed by atoms with Gasteiger partial charge in [-0.15, -0.1) is 25.7 Å². The quantitative estimate of drug-likeness (QED) is 0.146. The molecule has 3 N–H and O–H groups in total. The third-order valence-electron chi connectivity index (χ3n) is 8.80. The van der Waals surface area contributed by atoms with Crippen molar-refractivity contribution in [1.29, 1.82) is 0 Å². The highest BCUT2D eigenvalue weighted by Gasteiger charge is 2.37. The molecule has 0 saturated carbocycles. The number of aromatic nitrogens is 4. The number of aromatic amines is 2. The zero-order valence-electron chi connectivity index (χ0n) is 31.2. The smallest absolute Gasteiger partial charge is 0.407 e. The number of H-pyrrole nitrogens is 2. The summed E-state index contributed by atoms with van der Waals surface area (Å²) in [7, 11) is 1.30. The van der Waals surface area contributed by atoms with Crippen LogP contribution in [0.1, 0.15) is 51.4 Å². The molecule has 0 spiro atoms. The van der Waals surface area contributed by atoms with E-state index in [-0.39, 0.29) is 23.7 Å². The number of terminal acetylenes is 2. The summed E-state index contributed by atoms with van der Waals surface area (Å²) in [6.07, 6.45) is 25.0. The van der Waals surface area contributed by atoms with Gasteiger partial charge in [0.05, 0.1) is 43.3 Å². The predicted octanol–water partition coefficient (Wildman–Crippen LogP) is 8.12. The number of likely N-dealkylation sites (tertiary alicyclic amines) is 1. The molecular formula is C43H50FN7O3. The van der Waals surface area contributed by atoms with Gasteiger partial charge in [0.25, 0.3) is 0 Å². The molecule has 2 aromatic heterocycles. The molecule has 0 bridgehead atoms. The molecule has 282 valence electrons. The molecule has 2 aliphatic rings. The molecule has 0 aliphatic carbocycles. The first-order chi connectivity index (χ1) is 26.3. The Kier molecular flexibility index (Phi) is 17.6. The van der Waals surface area contributed by atoms with Crippen LogP contribution >= 0.6 is 0 Å². The Morgan fingerprint density at radius 1 is 0.833 bits per heavy atom. The molecule has 10 nitrogen and oxygen atoms in total. The summed E-state index contributed by atoms with van der Waals surface area (Å²) in [5, 5.41) is 2.66. The van der Waals surface area contributed by atoms with Gasteiger partial charge in [-0.2, -0.15) is 0 Å². The highest BCUT2D eigenvalue weighted by atomic mass is 19.1. The highest BCUT2D eigenvalue weighted by molar-refractivity contribution is 5.86. The number of halogens is 1. The van der Waals surface area contributed by atoms with Crippen molar-refractivity contribution < 1.29 is 18.7 Å². The standard InChI is InChI=1S/C20H26N4O3.C10H12FN.C9H8N2.2C2H2/c1-13(2)17(23-20(26)27-3)19(25)24-11-7-10-16(24)18-21-12-15(22-18)14-8-5-4-6-9-14;11-9-3-5-10(6-4-9)12-7-1-2-8-12;1-2-4-8(5-3-1)9-6-10-7-11-9;2*1-2/h4-6,8-9,12-13,16-17H,7,10-11H2,1-3H3,(H,21,22)(H,23,26);3-6H,1-2,7-8H2;1-7H,(H,10,11);2*1-2H/t16-,17-;;;;/m0..../s1. The predicted molar refractivity (Wildman–Crippen MR) is 214 cm³/mol. The topological polar surface area (TPSA) is 119 Å². The van der Waals surface area contributed by atoms with E-state index in [0.29, 0.717) is 6.54 Å². The fourth-order valence-corrected chi connectivity index (χ4v) is 6.12. The van der Waals surface area contributed by atoms with Crippen LogP contribution in [0.25, 0.3) is 22.5 Å². The molecule has 7 rings (SSSR count). The van der Waals surface area contributed by atoms with Gasteiger partial charge in [-0.3, -0.25) is 4.79 Å². The molecule has 2 fully saturated rings. The Labute approximate surface area is 318 Å². The zero-order valence-corrected chi connectivity index (χ0v) is 31.2. The number of nitrogens with one attached hydrogen (secondary N) is 3. The fraction of sp³-hybridized carbons (Fsp3) is 0.302. The minimum absolute atomic E-state index is 0.0469. The van der Waals surface area contributed by atoms with E-state index < -0.39 is 12.1 Å². The normalized spacial score (nSPS) is 14.7. The maximum Gasteiger partial charge on any atom is 0.407 e. The molecular weight excluding hydrogens is 682 g/mol. The lowest BCUT2D eigenvalue weighted by Gasteiger charge is -2.30. The first-order valence-corrected chi connectivity index (χ1v) is 17.8. The van der Waals surface area contributed by atoms with Crippen molar-refractivity contribution >= 4 is 17.7 Å². The van der Waals surface area contributed by atoms with E-state index in [0.717, 1.165) is 54.4 Å². The Morgan fingerprint density at radius 2 is 1.43 bits per heavy atom. The van der Waals surface area contributed by atoms with Crippen LogP contribution in [0.4, 0.5) is 14.9 Å². The van der Waals surface area contributed by atoms with Crippen molar-refractivity contribution in [3.63, 3.8) is 0 Å². The first-order valence-electron chi connectivity index (χ1n) is 17.8. The Morgan fingerprint density at radius 3 is 1.96 bits per heavy atom. The summed E-state index contributed by atoms with van der Waals surface area (Å²) >= 11 is 0. The van der Waals surface area contributed by atoms with Crippen LogP contribution < -0.4 is 10.2 Å². The lowest BCUT2D eigenvalue weighted by molar-refractivity contribution is -0.135. The molecule has 2 atom stereocenters. The maximum atomic E-state index is 13.1. The molecule has 11 heteroatoms. The van der Waals surface area contributed by atoms with Crippen LogP contribution in [0, 0.1) is 37.4 Å². The number of anilines is 1. The van der Waals surface area contributed by atoms with Crippen molar-refractivity contribution in [2.24, 2.45) is 5.92 Å². The number of rotatable bonds is 7. The van der Waals surface area contributed by atoms with E-state index in [1.807, 2.05) is 97.7 Å². The zero-order chi connectivity index (χ0) is 39.3. The molecule has 3 aromatic carbocycles. The van der Waals surface area contributed by atoms with Crippen molar-refractivity contribution in [1.82, 2.24) is 30.2 Å². The van der Waals surface area contributed by atoms with E-state index in [2.05, 4.69) is 60.6 Å². The van der Waals surface area contributed by atoms with Crippen molar-refractivity contribution in [3.8, 4) is 48.2 Å². The van der Waals surface area contributed by atoms with Gasteiger partial charge < -0.3 is 29.8 Å². The fourth-order valence-electron chi connectivity index (χ4n) is 6.12. The molecule has 0 unspecified atom stereocenters. The van der Waals surface area contributed by atoms with Gasteiger partial charge in [-0.25, -0.2) is 19.2 Å². The number of benzene rings is 3. The summed E-state index contributed by atoms with van der Waals surface area (Å²) in [6, 6.07) is 26.1. The maximum absolute atomic E-state index is 13.1. The van der Waals surface area contributed by atoms with Crippen LogP contribution in [-0.4, -0.2) is 69.6 Å².